The maximum absolute atomic E-state index is 13.4. The monoisotopic (exact) mass is 266 g/mol. The normalized spacial score (nSPS) is 10.6. The molecule has 0 fully saturated rings. The average Bonchev–Trinajstić information content (AvgIpc) is 2.38. The molecule has 0 saturated carbocycles. The molecule has 0 spiro atoms. The van der Waals surface area contributed by atoms with Gasteiger partial charge in [-0.1, -0.05) is 18.2 Å². The number of rotatable bonds is 3. The fraction of sp³-hybridized carbons (Fsp3) is 0.167. The Morgan fingerprint density at radius 3 is 2.74 bits per heavy atom. The minimum atomic E-state index is -1.41. The fourth-order valence-electron chi connectivity index (χ4n) is 1.73. The third-order valence-electron chi connectivity index (χ3n) is 2.56. The summed E-state index contributed by atoms with van der Waals surface area (Å²) in [4.78, 5) is 24.5. The van der Waals surface area contributed by atoms with E-state index >= 15 is 0 Å². The summed E-state index contributed by atoms with van der Waals surface area (Å²) in [6.45, 7) is 0.169. The first kappa shape index (κ1) is 13.0. The third-order valence-corrected chi connectivity index (χ3v) is 2.56. The van der Waals surface area contributed by atoms with E-state index in [1.165, 1.54) is 13.2 Å². The number of hydrogen-bond acceptors (Lipinski definition) is 4. The summed E-state index contributed by atoms with van der Waals surface area (Å²) < 4.78 is 19.0. The molecule has 0 saturated heterocycles. The van der Waals surface area contributed by atoms with Crippen molar-refractivity contribution < 1.29 is 14.2 Å². The topological polar surface area (TPSA) is 84.3 Å². The summed E-state index contributed by atoms with van der Waals surface area (Å²) in [5.41, 5.74) is -1.38. The molecule has 2 rings (SSSR count). The van der Waals surface area contributed by atoms with Gasteiger partial charge in [0, 0.05) is 12.7 Å². The van der Waals surface area contributed by atoms with E-state index in [1.54, 1.807) is 23.2 Å². The Morgan fingerprint density at radius 1 is 1.37 bits per heavy atom. The molecule has 6 nitrogen and oxygen atoms in total. The van der Waals surface area contributed by atoms with Gasteiger partial charge in [-0.3, -0.25) is 9.78 Å². The quantitative estimate of drug-likeness (QED) is 0.848. The van der Waals surface area contributed by atoms with E-state index in [-0.39, 0.29) is 12.3 Å². The Hall–Kier alpha value is -2.41. The summed E-state index contributed by atoms with van der Waals surface area (Å²) >= 11 is 0. The number of para-hydroxylation sites is 1. The maximum atomic E-state index is 13.4. The number of aromatic nitrogens is 2. The van der Waals surface area contributed by atoms with Crippen LogP contribution in [0.3, 0.4) is 0 Å². The summed E-state index contributed by atoms with van der Waals surface area (Å²) in [7, 11) is 1.47. The maximum Gasteiger partial charge on any atom is 0.335 e. The Morgan fingerprint density at radius 2 is 2.05 bits per heavy atom. The van der Waals surface area contributed by atoms with Crippen LogP contribution >= 0.6 is 0 Å². The zero-order valence-electron chi connectivity index (χ0n) is 10.0. The summed E-state index contributed by atoms with van der Waals surface area (Å²) in [5, 5.41) is 9.63. The van der Waals surface area contributed by atoms with Crippen LogP contribution in [0.15, 0.2) is 33.9 Å². The van der Waals surface area contributed by atoms with Crippen molar-refractivity contribution in [3.8, 4) is 11.6 Å². The minimum Gasteiger partial charge on any atom is -0.492 e. The molecule has 0 aliphatic heterocycles. The minimum absolute atomic E-state index is 0.169. The SMILES string of the molecule is COCc1ccccc1-n1c(O)c(F)c(=O)[nH]c1=O. The van der Waals surface area contributed by atoms with E-state index in [4.69, 9.17) is 4.74 Å². The van der Waals surface area contributed by atoms with Gasteiger partial charge in [0.2, 0.25) is 11.7 Å². The van der Waals surface area contributed by atoms with Crippen molar-refractivity contribution in [1.29, 1.82) is 0 Å². The number of methoxy groups -OCH3 is 1. The number of nitrogens with one attached hydrogen (secondary N) is 1. The molecule has 0 bridgehead atoms. The molecular formula is C12H11FN2O4. The number of hydrogen-bond donors (Lipinski definition) is 2. The standard InChI is InChI=1S/C12H11FN2O4/c1-19-6-7-4-2-3-5-8(7)15-11(17)9(13)10(16)14-12(15)18/h2-5,17H,6H2,1H3,(H,14,16,18). The van der Waals surface area contributed by atoms with Crippen LogP contribution in [-0.4, -0.2) is 21.8 Å². The van der Waals surface area contributed by atoms with Gasteiger partial charge in [-0.15, -0.1) is 0 Å². The van der Waals surface area contributed by atoms with Gasteiger partial charge in [-0.2, -0.15) is 4.39 Å². The predicted molar refractivity (Wildman–Crippen MR) is 65.0 cm³/mol. The molecule has 0 aliphatic carbocycles. The summed E-state index contributed by atoms with van der Waals surface area (Å²) in [6, 6.07) is 6.49. The summed E-state index contributed by atoms with van der Waals surface area (Å²) in [5.74, 6) is -2.44. The van der Waals surface area contributed by atoms with Gasteiger partial charge >= 0.3 is 5.69 Å². The number of halogens is 1. The van der Waals surface area contributed by atoms with Crippen LogP contribution in [0.25, 0.3) is 5.69 Å². The smallest absolute Gasteiger partial charge is 0.335 e. The highest BCUT2D eigenvalue weighted by molar-refractivity contribution is 5.43. The Kier molecular flexibility index (Phi) is 3.48. The molecule has 0 aliphatic rings. The van der Waals surface area contributed by atoms with Crippen molar-refractivity contribution in [2.45, 2.75) is 6.61 Å². The third kappa shape index (κ3) is 2.27. The van der Waals surface area contributed by atoms with Gasteiger partial charge in [0.15, 0.2) is 0 Å². The van der Waals surface area contributed by atoms with Crippen LogP contribution in [0.1, 0.15) is 5.56 Å². The first-order valence-corrected chi connectivity index (χ1v) is 5.37. The van der Waals surface area contributed by atoms with Crippen LogP contribution < -0.4 is 11.2 Å². The Bertz CT molecular complexity index is 720. The highest BCUT2D eigenvalue weighted by Gasteiger charge is 2.16. The molecule has 7 heteroatoms. The van der Waals surface area contributed by atoms with Crippen molar-refractivity contribution >= 4 is 0 Å². The predicted octanol–water partition coefficient (Wildman–Crippen LogP) is 0.517. The van der Waals surface area contributed by atoms with Gasteiger partial charge in [0.1, 0.15) is 0 Å². The van der Waals surface area contributed by atoms with Crippen molar-refractivity contribution in [3.63, 3.8) is 0 Å². The molecule has 1 heterocycles. The highest BCUT2D eigenvalue weighted by atomic mass is 19.1. The van der Waals surface area contributed by atoms with Crippen molar-refractivity contribution in [1.82, 2.24) is 9.55 Å². The largest absolute Gasteiger partial charge is 0.492 e. The lowest BCUT2D eigenvalue weighted by Crippen LogP contribution is -2.31. The molecule has 2 N–H and O–H groups in total. The zero-order chi connectivity index (χ0) is 14.0. The lowest BCUT2D eigenvalue weighted by atomic mass is 10.2. The molecule has 0 unspecified atom stereocenters. The van der Waals surface area contributed by atoms with Crippen LogP contribution in [0, 0.1) is 5.82 Å². The lowest BCUT2D eigenvalue weighted by Gasteiger charge is -2.12. The molecule has 0 radical (unpaired) electrons. The fourth-order valence-corrected chi connectivity index (χ4v) is 1.73. The highest BCUT2D eigenvalue weighted by Crippen LogP contribution is 2.19. The molecular weight excluding hydrogens is 255 g/mol. The first-order chi connectivity index (χ1) is 9.06. The van der Waals surface area contributed by atoms with Crippen molar-refractivity contribution in [2.24, 2.45) is 0 Å². The Balaban J connectivity index is 2.76. The summed E-state index contributed by atoms with van der Waals surface area (Å²) in [6.07, 6.45) is 0. The number of aromatic amines is 1. The van der Waals surface area contributed by atoms with E-state index < -0.39 is 22.9 Å². The van der Waals surface area contributed by atoms with Crippen LogP contribution in [0.5, 0.6) is 5.88 Å². The number of H-pyrrole nitrogens is 1. The van der Waals surface area contributed by atoms with Crippen LogP contribution in [-0.2, 0) is 11.3 Å². The van der Waals surface area contributed by atoms with E-state index in [2.05, 4.69) is 0 Å². The molecule has 1 aromatic heterocycles. The number of aromatic hydroxyl groups is 1. The lowest BCUT2D eigenvalue weighted by molar-refractivity contribution is 0.184. The van der Waals surface area contributed by atoms with E-state index in [0.29, 0.717) is 10.1 Å². The number of nitrogens with zero attached hydrogens (tertiary/aromatic N) is 1. The van der Waals surface area contributed by atoms with Crippen molar-refractivity contribution in [2.75, 3.05) is 7.11 Å². The second kappa shape index (κ2) is 5.07. The van der Waals surface area contributed by atoms with Crippen LogP contribution in [0.4, 0.5) is 4.39 Å². The van der Waals surface area contributed by atoms with Gasteiger partial charge in [-0.05, 0) is 6.07 Å². The molecule has 2 aromatic rings. The Labute approximate surface area is 106 Å². The second-order valence-corrected chi connectivity index (χ2v) is 3.79. The van der Waals surface area contributed by atoms with Gasteiger partial charge < -0.3 is 9.84 Å². The number of benzene rings is 1. The van der Waals surface area contributed by atoms with Crippen molar-refractivity contribution in [3.05, 3.63) is 56.5 Å². The molecule has 0 amide bonds. The molecule has 0 atom stereocenters. The molecule has 19 heavy (non-hydrogen) atoms. The zero-order valence-corrected chi connectivity index (χ0v) is 10.0. The second-order valence-electron chi connectivity index (χ2n) is 3.79. The average molecular weight is 266 g/mol. The molecule has 1 aromatic carbocycles. The van der Waals surface area contributed by atoms with E-state index in [0.717, 1.165) is 0 Å². The van der Waals surface area contributed by atoms with Gasteiger partial charge in [-0.25, -0.2) is 9.36 Å². The van der Waals surface area contributed by atoms with Gasteiger partial charge in [0.25, 0.3) is 5.56 Å². The number of ether oxygens (including phenoxy) is 1. The molecule has 100 valence electrons. The first-order valence-electron chi connectivity index (χ1n) is 5.37. The van der Waals surface area contributed by atoms with E-state index in [9.17, 15) is 19.1 Å². The van der Waals surface area contributed by atoms with Crippen LogP contribution in [0.2, 0.25) is 0 Å². The van der Waals surface area contributed by atoms with Gasteiger partial charge in [0.05, 0.1) is 12.3 Å². The van der Waals surface area contributed by atoms with E-state index in [1.807, 2.05) is 0 Å².